The minimum absolute atomic E-state index is 0.224. The number of carbonyl (C=O) groups is 1. The van der Waals surface area contributed by atoms with Crippen LogP contribution < -0.4 is 11.1 Å². The Balaban J connectivity index is 2.36. The summed E-state index contributed by atoms with van der Waals surface area (Å²) in [6.07, 6.45) is 0.759. The van der Waals surface area contributed by atoms with E-state index in [1.165, 1.54) is 12.1 Å². The summed E-state index contributed by atoms with van der Waals surface area (Å²) in [5.74, 6) is 0.293. The highest BCUT2D eigenvalue weighted by Gasteiger charge is 2.10. The van der Waals surface area contributed by atoms with Crippen molar-refractivity contribution < 1.29 is 9.53 Å². The van der Waals surface area contributed by atoms with Crippen LogP contribution in [0.15, 0.2) is 12.1 Å². The number of nitrogen functional groups attached to an aromatic ring is 1. The van der Waals surface area contributed by atoms with Crippen LogP contribution in [0.2, 0.25) is 10.0 Å². The lowest BCUT2D eigenvalue weighted by atomic mass is 10.2. The largest absolute Gasteiger partial charge is 0.396 e. The van der Waals surface area contributed by atoms with Crippen molar-refractivity contribution in [1.29, 1.82) is 0 Å². The number of benzene rings is 1. The molecule has 0 saturated heterocycles. The van der Waals surface area contributed by atoms with Crippen LogP contribution in [-0.4, -0.2) is 25.7 Å². The number of ether oxygens (including phenoxy) is 1. The van der Waals surface area contributed by atoms with Crippen LogP contribution in [0.25, 0.3) is 0 Å². The van der Waals surface area contributed by atoms with Crippen LogP contribution >= 0.6 is 23.2 Å². The standard InChI is InChI=1S/C14H20Cl2N2O2/c1-9(2)8-20-5-3-4-18-14(19)10-6-11(15)13(17)12(16)7-10/h6-7,9H,3-5,8,17H2,1-2H3,(H,18,19). The molecule has 0 fully saturated rings. The quantitative estimate of drug-likeness (QED) is 0.598. The summed E-state index contributed by atoms with van der Waals surface area (Å²) in [6, 6.07) is 3.01. The van der Waals surface area contributed by atoms with Crippen LogP contribution in [0, 0.1) is 5.92 Å². The SMILES string of the molecule is CC(C)COCCCNC(=O)c1cc(Cl)c(N)c(Cl)c1. The van der Waals surface area contributed by atoms with Gasteiger partial charge in [-0.15, -0.1) is 0 Å². The molecule has 0 unspecified atom stereocenters. The number of carbonyl (C=O) groups excluding carboxylic acids is 1. The molecule has 1 amide bonds. The van der Waals surface area contributed by atoms with Gasteiger partial charge in [0, 0.05) is 25.3 Å². The third-order valence-corrected chi connectivity index (χ3v) is 3.17. The van der Waals surface area contributed by atoms with E-state index in [0.717, 1.165) is 13.0 Å². The van der Waals surface area contributed by atoms with Gasteiger partial charge in [0.15, 0.2) is 0 Å². The molecule has 0 aromatic heterocycles. The average Bonchev–Trinajstić information content (AvgIpc) is 2.38. The minimum atomic E-state index is -0.224. The van der Waals surface area contributed by atoms with Crippen LogP contribution in [0.4, 0.5) is 5.69 Å². The molecule has 0 atom stereocenters. The Bertz CT molecular complexity index is 441. The summed E-state index contributed by atoms with van der Waals surface area (Å²) in [7, 11) is 0. The zero-order chi connectivity index (χ0) is 15.1. The maximum absolute atomic E-state index is 11.9. The number of amides is 1. The summed E-state index contributed by atoms with van der Waals surface area (Å²) >= 11 is 11.8. The summed E-state index contributed by atoms with van der Waals surface area (Å²) in [6.45, 7) is 6.09. The zero-order valence-electron chi connectivity index (χ0n) is 11.7. The van der Waals surface area contributed by atoms with Gasteiger partial charge in [0.1, 0.15) is 0 Å². The van der Waals surface area contributed by atoms with Gasteiger partial charge < -0.3 is 15.8 Å². The summed E-state index contributed by atoms with van der Waals surface area (Å²) in [5.41, 5.74) is 6.30. The molecular weight excluding hydrogens is 299 g/mol. The Morgan fingerprint density at radius 1 is 1.35 bits per heavy atom. The predicted octanol–water partition coefficient (Wildman–Crippen LogP) is 3.37. The van der Waals surface area contributed by atoms with Gasteiger partial charge in [-0.05, 0) is 24.5 Å². The molecule has 1 rings (SSSR count). The van der Waals surface area contributed by atoms with Gasteiger partial charge >= 0.3 is 0 Å². The molecular formula is C14H20Cl2N2O2. The molecule has 0 aliphatic rings. The van der Waals surface area contributed by atoms with E-state index in [1.807, 2.05) is 0 Å². The molecule has 1 aromatic carbocycles. The van der Waals surface area contributed by atoms with Crippen molar-refractivity contribution in [1.82, 2.24) is 5.32 Å². The highest BCUT2D eigenvalue weighted by molar-refractivity contribution is 6.39. The molecule has 0 spiro atoms. The molecule has 4 nitrogen and oxygen atoms in total. The Morgan fingerprint density at radius 2 is 1.95 bits per heavy atom. The maximum atomic E-state index is 11.9. The number of hydrogen-bond donors (Lipinski definition) is 2. The number of nitrogens with one attached hydrogen (secondary N) is 1. The molecule has 0 radical (unpaired) electrons. The molecule has 0 heterocycles. The Morgan fingerprint density at radius 3 is 2.50 bits per heavy atom. The van der Waals surface area contributed by atoms with E-state index in [4.69, 9.17) is 33.7 Å². The van der Waals surface area contributed by atoms with Crippen molar-refractivity contribution in [2.24, 2.45) is 5.92 Å². The van der Waals surface area contributed by atoms with E-state index in [1.54, 1.807) is 0 Å². The zero-order valence-corrected chi connectivity index (χ0v) is 13.2. The van der Waals surface area contributed by atoms with Gasteiger partial charge in [0.25, 0.3) is 5.91 Å². The van der Waals surface area contributed by atoms with Gasteiger partial charge in [-0.25, -0.2) is 0 Å². The van der Waals surface area contributed by atoms with Crippen molar-refractivity contribution in [3.63, 3.8) is 0 Å². The average molecular weight is 319 g/mol. The first-order valence-corrected chi connectivity index (χ1v) is 7.28. The van der Waals surface area contributed by atoms with Gasteiger partial charge in [-0.1, -0.05) is 37.0 Å². The summed E-state index contributed by atoms with van der Waals surface area (Å²) in [5, 5.41) is 3.34. The molecule has 0 aliphatic carbocycles. The number of rotatable bonds is 7. The third-order valence-electron chi connectivity index (χ3n) is 2.54. The molecule has 0 bridgehead atoms. The van der Waals surface area contributed by atoms with Gasteiger partial charge in [0.05, 0.1) is 15.7 Å². The first-order chi connectivity index (χ1) is 9.41. The van der Waals surface area contributed by atoms with Crippen LogP contribution in [0.3, 0.4) is 0 Å². The van der Waals surface area contributed by atoms with Crippen LogP contribution in [-0.2, 0) is 4.74 Å². The number of hydrogen-bond acceptors (Lipinski definition) is 3. The molecule has 112 valence electrons. The highest BCUT2D eigenvalue weighted by Crippen LogP contribution is 2.28. The van der Waals surface area contributed by atoms with E-state index >= 15 is 0 Å². The molecule has 6 heteroatoms. The predicted molar refractivity (Wildman–Crippen MR) is 83.5 cm³/mol. The van der Waals surface area contributed by atoms with Crippen molar-refractivity contribution in [3.05, 3.63) is 27.7 Å². The Kier molecular flexibility index (Phi) is 7.13. The summed E-state index contributed by atoms with van der Waals surface area (Å²) < 4.78 is 5.43. The van der Waals surface area contributed by atoms with Gasteiger partial charge in [-0.3, -0.25) is 4.79 Å². The van der Waals surface area contributed by atoms with Gasteiger partial charge in [0.2, 0.25) is 0 Å². The third kappa shape index (κ3) is 5.57. The second-order valence-corrected chi connectivity index (χ2v) is 5.75. The van der Waals surface area contributed by atoms with Gasteiger partial charge in [-0.2, -0.15) is 0 Å². The lowest BCUT2D eigenvalue weighted by molar-refractivity contribution is 0.0925. The second kappa shape index (κ2) is 8.35. The molecule has 3 N–H and O–H groups in total. The van der Waals surface area contributed by atoms with Crippen LogP contribution in [0.5, 0.6) is 0 Å². The van der Waals surface area contributed by atoms with E-state index in [0.29, 0.717) is 24.6 Å². The summed E-state index contributed by atoms with van der Waals surface area (Å²) in [4.78, 5) is 11.9. The fourth-order valence-electron chi connectivity index (χ4n) is 1.51. The minimum Gasteiger partial charge on any atom is -0.396 e. The van der Waals surface area contributed by atoms with E-state index in [2.05, 4.69) is 19.2 Å². The fraction of sp³-hybridized carbons (Fsp3) is 0.500. The normalized spacial score (nSPS) is 10.8. The van der Waals surface area contributed by atoms with Crippen molar-refractivity contribution in [2.45, 2.75) is 20.3 Å². The number of nitrogens with two attached hydrogens (primary N) is 1. The lowest BCUT2D eigenvalue weighted by Gasteiger charge is -2.09. The van der Waals surface area contributed by atoms with Crippen LogP contribution in [0.1, 0.15) is 30.6 Å². The van der Waals surface area contributed by atoms with E-state index in [9.17, 15) is 4.79 Å². The maximum Gasteiger partial charge on any atom is 0.251 e. The second-order valence-electron chi connectivity index (χ2n) is 4.93. The van der Waals surface area contributed by atoms with E-state index in [-0.39, 0.29) is 21.6 Å². The molecule has 0 aliphatic heterocycles. The topological polar surface area (TPSA) is 64.3 Å². The first-order valence-electron chi connectivity index (χ1n) is 6.52. The highest BCUT2D eigenvalue weighted by atomic mass is 35.5. The first kappa shape index (κ1) is 17.1. The lowest BCUT2D eigenvalue weighted by Crippen LogP contribution is -2.25. The number of anilines is 1. The van der Waals surface area contributed by atoms with Crippen molar-refractivity contribution in [3.8, 4) is 0 Å². The van der Waals surface area contributed by atoms with Crippen molar-refractivity contribution in [2.75, 3.05) is 25.5 Å². The molecule has 1 aromatic rings. The fourth-order valence-corrected chi connectivity index (χ4v) is 2.00. The van der Waals surface area contributed by atoms with Crippen molar-refractivity contribution >= 4 is 34.8 Å². The monoisotopic (exact) mass is 318 g/mol. The molecule has 0 saturated carbocycles. The molecule has 20 heavy (non-hydrogen) atoms. The van der Waals surface area contributed by atoms with E-state index < -0.39 is 0 Å². The Labute approximate surface area is 129 Å². The smallest absolute Gasteiger partial charge is 0.251 e. The Hall–Kier alpha value is -0.970. The number of halogens is 2.